The van der Waals surface area contributed by atoms with Crippen LogP contribution in [0.1, 0.15) is 24.6 Å². The van der Waals surface area contributed by atoms with E-state index >= 15 is 0 Å². The second-order valence-corrected chi connectivity index (χ2v) is 3.66. The molecule has 84 valence electrons. The van der Waals surface area contributed by atoms with Gasteiger partial charge in [-0.1, -0.05) is 30.3 Å². The van der Waals surface area contributed by atoms with E-state index in [1.807, 2.05) is 30.3 Å². The van der Waals surface area contributed by atoms with Crippen LogP contribution in [-0.4, -0.2) is 23.8 Å². The van der Waals surface area contributed by atoms with Gasteiger partial charge in [-0.15, -0.1) is 0 Å². The van der Waals surface area contributed by atoms with Crippen molar-refractivity contribution < 1.29 is 14.3 Å². The van der Waals surface area contributed by atoms with E-state index in [-0.39, 0.29) is 24.7 Å². The third kappa shape index (κ3) is 1.84. The molecule has 2 rings (SSSR count). The number of methoxy groups -OCH3 is 1. The molecule has 1 atom stereocenters. The summed E-state index contributed by atoms with van der Waals surface area (Å²) in [5.74, 6) is -0.332. The third-order valence-corrected chi connectivity index (χ3v) is 2.63. The van der Waals surface area contributed by atoms with Gasteiger partial charge in [-0.25, -0.2) is 0 Å². The first-order chi connectivity index (χ1) is 7.74. The SMILES string of the molecule is COC(c1ccccc1)N1C(=O)CCC1=O. The highest BCUT2D eigenvalue weighted by Gasteiger charge is 2.35. The molecule has 0 bridgehead atoms. The zero-order chi connectivity index (χ0) is 11.5. The lowest BCUT2D eigenvalue weighted by atomic mass is 10.2. The van der Waals surface area contributed by atoms with Crippen LogP contribution in [-0.2, 0) is 14.3 Å². The van der Waals surface area contributed by atoms with Gasteiger partial charge in [-0.05, 0) is 0 Å². The Labute approximate surface area is 93.8 Å². The van der Waals surface area contributed by atoms with Gasteiger partial charge in [0.25, 0.3) is 0 Å². The fraction of sp³-hybridized carbons (Fsp3) is 0.333. The van der Waals surface area contributed by atoms with Gasteiger partial charge in [0.1, 0.15) is 0 Å². The van der Waals surface area contributed by atoms with Crippen molar-refractivity contribution in [3.8, 4) is 0 Å². The number of carbonyl (C=O) groups is 2. The normalized spacial score (nSPS) is 17.9. The minimum absolute atomic E-state index is 0.166. The summed E-state index contributed by atoms with van der Waals surface area (Å²) in [6.07, 6.45) is -0.0273. The number of hydrogen-bond acceptors (Lipinski definition) is 3. The van der Waals surface area contributed by atoms with Gasteiger partial charge >= 0.3 is 0 Å². The van der Waals surface area contributed by atoms with E-state index in [1.54, 1.807) is 0 Å². The molecule has 1 aromatic carbocycles. The molecule has 16 heavy (non-hydrogen) atoms. The van der Waals surface area contributed by atoms with Crippen molar-refractivity contribution >= 4 is 11.8 Å². The van der Waals surface area contributed by atoms with Crippen LogP contribution in [0.25, 0.3) is 0 Å². The molecule has 1 aliphatic heterocycles. The Hall–Kier alpha value is -1.68. The monoisotopic (exact) mass is 219 g/mol. The third-order valence-electron chi connectivity index (χ3n) is 2.63. The molecule has 0 aliphatic carbocycles. The van der Waals surface area contributed by atoms with Gasteiger partial charge in [0.15, 0.2) is 6.23 Å². The summed E-state index contributed by atoms with van der Waals surface area (Å²) in [6, 6.07) is 9.27. The van der Waals surface area contributed by atoms with Crippen LogP contribution in [0.4, 0.5) is 0 Å². The van der Waals surface area contributed by atoms with E-state index in [9.17, 15) is 9.59 Å². The molecule has 1 aromatic rings. The molecule has 1 saturated heterocycles. The second kappa shape index (κ2) is 4.45. The number of imide groups is 1. The molecule has 4 heteroatoms. The van der Waals surface area contributed by atoms with Crippen molar-refractivity contribution in [1.29, 1.82) is 0 Å². The van der Waals surface area contributed by atoms with E-state index in [1.165, 1.54) is 12.0 Å². The lowest BCUT2D eigenvalue weighted by Gasteiger charge is -2.24. The van der Waals surface area contributed by atoms with Crippen molar-refractivity contribution in [2.24, 2.45) is 0 Å². The molecule has 0 saturated carbocycles. The summed E-state index contributed by atoms with van der Waals surface area (Å²) in [4.78, 5) is 24.4. The molecule has 1 fully saturated rings. The van der Waals surface area contributed by atoms with Gasteiger partial charge in [0, 0.05) is 25.5 Å². The number of rotatable bonds is 3. The predicted molar refractivity (Wildman–Crippen MR) is 57.3 cm³/mol. The van der Waals surface area contributed by atoms with Crippen LogP contribution in [0.5, 0.6) is 0 Å². The van der Waals surface area contributed by atoms with Gasteiger partial charge < -0.3 is 4.74 Å². The van der Waals surface area contributed by atoms with Gasteiger partial charge in [-0.3, -0.25) is 14.5 Å². The largest absolute Gasteiger partial charge is 0.357 e. The molecular formula is C12H13NO3. The van der Waals surface area contributed by atoms with Crippen LogP contribution in [0, 0.1) is 0 Å². The topological polar surface area (TPSA) is 46.6 Å². The lowest BCUT2D eigenvalue weighted by molar-refractivity contribution is -0.152. The summed E-state index contributed by atoms with van der Waals surface area (Å²) >= 11 is 0. The zero-order valence-corrected chi connectivity index (χ0v) is 9.05. The van der Waals surface area contributed by atoms with E-state index in [4.69, 9.17) is 4.74 Å². The van der Waals surface area contributed by atoms with Crippen LogP contribution >= 0.6 is 0 Å². The number of amides is 2. The number of ether oxygens (including phenoxy) is 1. The highest BCUT2D eigenvalue weighted by molar-refractivity contribution is 6.02. The maximum absolute atomic E-state index is 11.6. The zero-order valence-electron chi connectivity index (χ0n) is 9.05. The predicted octanol–water partition coefficient (Wildman–Crippen LogP) is 1.48. The van der Waals surface area contributed by atoms with Crippen LogP contribution in [0.15, 0.2) is 30.3 Å². The molecule has 2 amide bonds. The molecule has 1 unspecified atom stereocenters. The van der Waals surface area contributed by atoms with E-state index in [0.717, 1.165) is 5.56 Å². The lowest BCUT2D eigenvalue weighted by Crippen LogP contribution is -2.34. The Kier molecular flexibility index (Phi) is 3.01. The smallest absolute Gasteiger partial charge is 0.232 e. The van der Waals surface area contributed by atoms with Crippen LogP contribution < -0.4 is 0 Å². The van der Waals surface area contributed by atoms with E-state index < -0.39 is 6.23 Å². The Balaban J connectivity index is 2.29. The Bertz CT molecular complexity index is 386. The number of carbonyl (C=O) groups excluding carboxylic acids is 2. The van der Waals surface area contributed by atoms with Gasteiger partial charge in [0.2, 0.25) is 11.8 Å². The first-order valence-corrected chi connectivity index (χ1v) is 5.16. The highest BCUT2D eigenvalue weighted by atomic mass is 16.5. The first-order valence-electron chi connectivity index (χ1n) is 5.16. The van der Waals surface area contributed by atoms with E-state index in [2.05, 4.69) is 0 Å². The minimum Gasteiger partial charge on any atom is -0.357 e. The number of hydrogen-bond donors (Lipinski definition) is 0. The fourth-order valence-corrected chi connectivity index (χ4v) is 1.86. The van der Waals surface area contributed by atoms with Crippen molar-refractivity contribution in [1.82, 2.24) is 4.90 Å². The molecule has 1 heterocycles. The van der Waals surface area contributed by atoms with Crippen molar-refractivity contribution in [2.75, 3.05) is 7.11 Å². The van der Waals surface area contributed by atoms with Crippen molar-refractivity contribution in [3.05, 3.63) is 35.9 Å². The summed E-state index contributed by atoms with van der Waals surface area (Å²) in [5, 5.41) is 0. The summed E-state index contributed by atoms with van der Waals surface area (Å²) in [5.41, 5.74) is 0.814. The van der Waals surface area contributed by atoms with E-state index in [0.29, 0.717) is 0 Å². The molecule has 1 aliphatic rings. The number of benzene rings is 1. The quantitative estimate of drug-likeness (QED) is 0.723. The first kappa shape index (κ1) is 10.8. The number of likely N-dealkylation sites (tertiary alicyclic amines) is 1. The maximum atomic E-state index is 11.6. The maximum Gasteiger partial charge on any atom is 0.232 e. The Morgan fingerprint density at radius 1 is 1.12 bits per heavy atom. The average Bonchev–Trinajstić information content (AvgIpc) is 2.63. The van der Waals surface area contributed by atoms with Crippen LogP contribution in [0.2, 0.25) is 0 Å². The highest BCUT2D eigenvalue weighted by Crippen LogP contribution is 2.27. The number of nitrogens with zero attached hydrogens (tertiary/aromatic N) is 1. The summed E-state index contributed by atoms with van der Waals surface area (Å²) in [6.45, 7) is 0. The van der Waals surface area contributed by atoms with Crippen molar-refractivity contribution in [2.45, 2.75) is 19.1 Å². The van der Waals surface area contributed by atoms with Crippen LogP contribution in [0.3, 0.4) is 0 Å². The standard InChI is InChI=1S/C12H13NO3/c1-16-12(9-5-3-2-4-6-9)13-10(14)7-8-11(13)15/h2-6,12H,7-8H2,1H3. The minimum atomic E-state index is -0.594. The molecule has 4 nitrogen and oxygen atoms in total. The molecule has 0 radical (unpaired) electrons. The Morgan fingerprint density at radius 3 is 2.19 bits per heavy atom. The molecule has 0 aromatic heterocycles. The Morgan fingerprint density at radius 2 is 1.69 bits per heavy atom. The van der Waals surface area contributed by atoms with Crippen molar-refractivity contribution in [3.63, 3.8) is 0 Å². The second-order valence-electron chi connectivity index (χ2n) is 3.66. The molecule has 0 spiro atoms. The molecule has 0 N–H and O–H groups in total. The fourth-order valence-electron chi connectivity index (χ4n) is 1.86. The summed E-state index contributed by atoms with van der Waals surface area (Å²) < 4.78 is 5.25. The summed E-state index contributed by atoms with van der Waals surface area (Å²) in [7, 11) is 1.50. The van der Waals surface area contributed by atoms with Gasteiger partial charge in [-0.2, -0.15) is 0 Å². The van der Waals surface area contributed by atoms with Gasteiger partial charge in [0.05, 0.1) is 0 Å². The molecular weight excluding hydrogens is 206 g/mol. The average molecular weight is 219 g/mol.